The number of aliphatic carboxylic acids is 1. The number of nitrogens with two attached hydrogens (primary N) is 1. The summed E-state index contributed by atoms with van der Waals surface area (Å²) in [4.78, 5) is 11.1. The number of hydrogen-bond donors (Lipinski definition) is 3. The van der Waals surface area contributed by atoms with E-state index in [1.807, 2.05) is 0 Å². The molecular weight excluding hydrogens is 200 g/mol. The highest BCUT2D eigenvalue weighted by molar-refractivity contribution is 8.00. The van der Waals surface area contributed by atoms with Gasteiger partial charge in [0.2, 0.25) is 0 Å². The van der Waals surface area contributed by atoms with Crippen molar-refractivity contribution in [1.29, 1.82) is 5.41 Å². The first-order valence-corrected chi connectivity index (χ1v) is 4.87. The number of carboxylic acids is 1. The maximum atomic E-state index is 10.3. The van der Waals surface area contributed by atoms with Crippen molar-refractivity contribution in [3.8, 4) is 0 Å². The summed E-state index contributed by atoms with van der Waals surface area (Å²) >= 11 is 1.24. The number of nitrogens with one attached hydrogen (secondary N) is 1. The van der Waals surface area contributed by atoms with Gasteiger partial charge in [-0.25, -0.2) is 0 Å². The SMILES string of the molecule is N=C(N)c1ccc(SCC(=O)O)cc1. The Kier molecular flexibility index (Phi) is 3.53. The summed E-state index contributed by atoms with van der Waals surface area (Å²) < 4.78 is 0. The molecule has 0 amide bonds. The molecule has 0 heterocycles. The number of benzene rings is 1. The lowest BCUT2D eigenvalue weighted by molar-refractivity contribution is -0.133. The third-order valence-electron chi connectivity index (χ3n) is 1.53. The Morgan fingerprint density at radius 2 is 2.00 bits per heavy atom. The predicted molar refractivity (Wildman–Crippen MR) is 55.8 cm³/mol. The highest BCUT2D eigenvalue weighted by atomic mass is 32.2. The standard InChI is InChI=1S/C9H10N2O2S/c10-9(11)6-1-3-7(4-2-6)14-5-8(12)13/h1-4H,5H2,(H3,10,11)(H,12,13). The molecule has 0 spiro atoms. The molecule has 4 nitrogen and oxygen atoms in total. The first kappa shape index (κ1) is 10.6. The van der Waals surface area contributed by atoms with Gasteiger partial charge in [0.25, 0.3) is 0 Å². The average Bonchev–Trinajstić information content (AvgIpc) is 2.15. The molecule has 1 rings (SSSR count). The van der Waals surface area contributed by atoms with Crippen LogP contribution in [0.1, 0.15) is 5.56 Å². The van der Waals surface area contributed by atoms with Crippen molar-refractivity contribution >= 4 is 23.6 Å². The minimum atomic E-state index is -0.842. The first-order valence-electron chi connectivity index (χ1n) is 3.88. The van der Waals surface area contributed by atoms with Crippen LogP contribution in [0.4, 0.5) is 0 Å². The largest absolute Gasteiger partial charge is 0.481 e. The van der Waals surface area contributed by atoms with Gasteiger partial charge in [0.1, 0.15) is 5.84 Å². The topological polar surface area (TPSA) is 87.2 Å². The van der Waals surface area contributed by atoms with Gasteiger partial charge in [0.05, 0.1) is 5.75 Å². The predicted octanol–water partition coefficient (Wildman–Crippen LogP) is 1.15. The summed E-state index contributed by atoms with van der Waals surface area (Å²) in [6, 6.07) is 6.91. The summed E-state index contributed by atoms with van der Waals surface area (Å²) in [6.45, 7) is 0. The van der Waals surface area contributed by atoms with E-state index >= 15 is 0 Å². The molecule has 0 aliphatic carbocycles. The van der Waals surface area contributed by atoms with Crippen LogP contribution in [-0.2, 0) is 4.79 Å². The number of carboxylic acid groups (broad SMARTS) is 1. The van der Waals surface area contributed by atoms with Crippen molar-refractivity contribution in [3.63, 3.8) is 0 Å². The van der Waals surface area contributed by atoms with Crippen molar-refractivity contribution in [1.82, 2.24) is 0 Å². The Balaban J connectivity index is 2.64. The van der Waals surface area contributed by atoms with Gasteiger partial charge in [-0.05, 0) is 12.1 Å². The van der Waals surface area contributed by atoms with Crippen LogP contribution in [0, 0.1) is 5.41 Å². The van der Waals surface area contributed by atoms with Crippen molar-refractivity contribution in [2.24, 2.45) is 5.73 Å². The van der Waals surface area contributed by atoms with Crippen LogP contribution in [-0.4, -0.2) is 22.7 Å². The van der Waals surface area contributed by atoms with Crippen molar-refractivity contribution < 1.29 is 9.90 Å². The van der Waals surface area contributed by atoms with E-state index in [2.05, 4.69) is 0 Å². The van der Waals surface area contributed by atoms with Gasteiger partial charge in [-0.3, -0.25) is 10.2 Å². The van der Waals surface area contributed by atoms with E-state index in [9.17, 15) is 4.79 Å². The minimum Gasteiger partial charge on any atom is -0.481 e. The van der Waals surface area contributed by atoms with E-state index in [0.29, 0.717) is 5.56 Å². The second-order valence-corrected chi connectivity index (χ2v) is 3.67. The molecule has 0 saturated carbocycles. The zero-order valence-corrected chi connectivity index (χ0v) is 8.17. The van der Waals surface area contributed by atoms with Crippen LogP contribution in [0.25, 0.3) is 0 Å². The summed E-state index contributed by atoms with van der Waals surface area (Å²) in [7, 11) is 0. The monoisotopic (exact) mass is 210 g/mol. The third kappa shape index (κ3) is 3.10. The first-order chi connectivity index (χ1) is 6.59. The van der Waals surface area contributed by atoms with Gasteiger partial charge in [0, 0.05) is 10.5 Å². The van der Waals surface area contributed by atoms with Crippen LogP contribution < -0.4 is 5.73 Å². The van der Waals surface area contributed by atoms with Crippen LogP contribution in [0.2, 0.25) is 0 Å². The number of carbonyl (C=O) groups is 1. The molecule has 1 aromatic carbocycles. The van der Waals surface area contributed by atoms with Crippen LogP contribution in [0.15, 0.2) is 29.2 Å². The molecule has 0 aliphatic rings. The summed E-state index contributed by atoms with van der Waals surface area (Å²) in [6.07, 6.45) is 0. The Morgan fingerprint density at radius 3 is 2.43 bits per heavy atom. The maximum absolute atomic E-state index is 10.3. The molecule has 0 bridgehead atoms. The molecule has 0 aliphatic heterocycles. The second-order valence-electron chi connectivity index (χ2n) is 2.62. The molecule has 4 N–H and O–H groups in total. The number of rotatable bonds is 4. The third-order valence-corrected chi connectivity index (χ3v) is 2.52. The molecule has 0 radical (unpaired) electrons. The van der Waals surface area contributed by atoms with Gasteiger partial charge >= 0.3 is 5.97 Å². The lowest BCUT2D eigenvalue weighted by Crippen LogP contribution is -2.10. The van der Waals surface area contributed by atoms with E-state index in [1.165, 1.54) is 11.8 Å². The number of thioether (sulfide) groups is 1. The molecule has 0 fully saturated rings. The van der Waals surface area contributed by atoms with Crippen LogP contribution >= 0.6 is 11.8 Å². The zero-order valence-electron chi connectivity index (χ0n) is 7.36. The Bertz CT molecular complexity index is 348. The van der Waals surface area contributed by atoms with Crippen molar-refractivity contribution in [3.05, 3.63) is 29.8 Å². The van der Waals surface area contributed by atoms with Crippen LogP contribution in [0.3, 0.4) is 0 Å². The maximum Gasteiger partial charge on any atom is 0.313 e. The highest BCUT2D eigenvalue weighted by Gasteiger charge is 2.00. The summed E-state index contributed by atoms with van der Waals surface area (Å²) in [5.74, 6) is -0.787. The summed E-state index contributed by atoms with van der Waals surface area (Å²) in [5.41, 5.74) is 5.91. The Morgan fingerprint density at radius 1 is 1.43 bits per heavy atom. The van der Waals surface area contributed by atoms with Crippen LogP contribution in [0.5, 0.6) is 0 Å². The smallest absolute Gasteiger partial charge is 0.313 e. The lowest BCUT2D eigenvalue weighted by atomic mass is 10.2. The molecule has 0 atom stereocenters. The minimum absolute atomic E-state index is 0.0137. The Labute approximate surface area is 85.6 Å². The van der Waals surface area contributed by atoms with Crippen molar-refractivity contribution in [2.75, 3.05) is 5.75 Å². The van der Waals surface area contributed by atoms with Gasteiger partial charge < -0.3 is 10.8 Å². The molecule has 0 unspecified atom stereocenters. The molecular formula is C9H10N2O2S. The van der Waals surface area contributed by atoms with E-state index in [1.54, 1.807) is 24.3 Å². The lowest BCUT2D eigenvalue weighted by Gasteiger charge is -2.00. The van der Waals surface area contributed by atoms with Gasteiger partial charge in [-0.1, -0.05) is 12.1 Å². The fourth-order valence-electron chi connectivity index (χ4n) is 0.876. The molecule has 5 heteroatoms. The number of amidine groups is 1. The number of hydrogen-bond acceptors (Lipinski definition) is 3. The fraction of sp³-hybridized carbons (Fsp3) is 0.111. The second kappa shape index (κ2) is 4.66. The normalized spacial score (nSPS) is 9.71. The van der Waals surface area contributed by atoms with E-state index < -0.39 is 5.97 Å². The van der Waals surface area contributed by atoms with Gasteiger partial charge in [-0.2, -0.15) is 0 Å². The van der Waals surface area contributed by atoms with Crippen molar-refractivity contribution in [2.45, 2.75) is 4.90 Å². The average molecular weight is 210 g/mol. The zero-order chi connectivity index (χ0) is 10.6. The molecule has 74 valence electrons. The van der Waals surface area contributed by atoms with Gasteiger partial charge in [0.15, 0.2) is 0 Å². The quantitative estimate of drug-likeness (QED) is 0.395. The van der Waals surface area contributed by atoms with E-state index in [4.69, 9.17) is 16.2 Å². The number of nitrogen functional groups attached to an aromatic ring is 1. The molecule has 1 aromatic rings. The molecule has 0 aromatic heterocycles. The van der Waals surface area contributed by atoms with E-state index in [0.717, 1.165) is 4.90 Å². The Hall–Kier alpha value is -1.49. The van der Waals surface area contributed by atoms with Gasteiger partial charge in [-0.15, -0.1) is 11.8 Å². The molecule has 14 heavy (non-hydrogen) atoms. The highest BCUT2D eigenvalue weighted by Crippen LogP contribution is 2.17. The molecule has 0 saturated heterocycles. The van der Waals surface area contributed by atoms with E-state index in [-0.39, 0.29) is 11.6 Å². The summed E-state index contributed by atoms with van der Waals surface area (Å²) in [5, 5.41) is 15.6. The fourth-order valence-corrected chi connectivity index (χ4v) is 1.49.